The van der Waals surface area contributed by atoms with Crippen LogP contribution in [0.2, 0.25) is 0 Å². The number of carbonyl (C=O) groups excluding carboxylic acids is 1. The first-order valence-electron chi connectivity index (χ1n) is 8.35. The Hall–Kier alpha value is -1.13. The first kappa shape index (κ1) is 20.2. The molecule has 1 N–H and O–H groups in total. The van der Waals surface area contributed by atoms with Gasteiger partial charge in [0.1, 0.15) is 0 Å². The van der Waals surface area contributed by atoms with Crippen LogP contribution in [0.3, 0.4) is 0 Å². The predicted octanol–water partition coefficient (Wildman–Crippen LogP) is 6.65. The molecule has 0 unspecified atom stereocenters. The third kappa shape index (κ3) is 4.73. The summed E-state index contributed by atoms with van der Waals surface area (Å²) in [6.45, 7) is 12.3. The van der Waals surface area contributed by atoms with Gasteiger partial charge in [0.25, 0.3) is 0 Å². The zero-order valence-corrected chi connectivity index (χ0v) is 18.9. The first-order chi connectivity index (χ1) is 11.5. The van der Waals surface area contributed by atoms with Gasteiger partial charge in [0.15, 0.2) is 0 Å². The SMILES string of the molecule is Cc1cc(Br)cc(C)c1CC(C)(C)C(=O)Nc1c(C)cc(Br)cc1C. The Morgan fingerprint density at radius 1 is 0.880 bits per heavy atom. The monoisotopic (exact) mass is 465 g/mol. The van der Waals surface area contributed by atoms with Gasteiger partial charge in [-0.25, -0.2) is 0 Å². The van der Waals surface area contributed by atoms with E-state index in [1.807, 2.05) is 39.8 Å². The van der Waals surface area contributed by atoms with Crippen LogP contribution in [-0.2, 0) is 11.2 Å². The van der Waals surface area contributed by atoms with E-state index in [1.165, 1.54) is 16.7 Å². The van der Waals surface area contributed by atoms with E-state index in [-0.39, 0.29) is 5.91 Å². The Morgan fingerprint density at radius 2 is 1.28 bits per heavy atom. The molecule has 134 valence electrons. The van der Waals surface area contributed by atoms with Crippen LogP contribution in [-0.4, -0.2) is 5.91 Å². The minimum absolute atomic E-state index is 0.0442. The summed E-state index contributed by atoms with van der Waals surface area (Å²) in [6.07, 6.45) is 0.707. The maximum Gasteiger partial charge on any atom is 0.230 e. The van der Waals surface area contributed by atoms with Crippen molar-refractivity contribution in [1.82, 2.24) is 0 Å². The number of hydrogen-bond donors (Lipinski definition) is 1. The van der Waals surface area contributed by atoms with Crippen molar-refractivity contribution in [2.75, 3.05) is 5.32 Å². The quantitative estimate of drug-likeness (QED) is 0.536. The number of carbonyl (C=O) groups is 1. The van der Waals surface area contributed by atoms with Crippen molar-refractivity contribution in [3.8, 4) is 0 Å². The second-order valence-electron chi connectivity index (χ2n) is 7.45. The molecular weight excluding hydrogens is 442 g/mol. The van der Waals surface area contributed by atoms with Gasteiger partial charge in [0.05, 0.1) is 0 Å². The van der Waals surface area contributed by atoms with Crippen molar-refractivity contribution < 1.29 is 4.79 Å². The molecule has 2 rings (SSSR count). The van der Waals surface area contributed by atoms with E-state index < -0.39 is 5.41 Å². The Balaban J connectivity index is 2.27. The fourth-order valence-electron chi connectivity index (χ4n) is 3.13. The standard InChI is InChI=1S/C21H25Br2NO/c1-12-7-16(22)8-13(2)18(12)11-21(5,6)20(25)24-19-14(3)9-17(23)10-15(19)4/h7-10H,11H2,1-6H3,(H,24,25). The van der Waals surface area contributed by atoms with Crippen LogP contribution in [0.25, 0.3) is 0 Å². The van der Waals surface area contributed by atoms with E-state index in [2.05, 4.69) is 63.2 Å². The molecule has 2 aromatic carbocycles. The molecular formula is C21H25Br2NO. The summed E-state index contributed by atoms with van der Waals surface area (Å²) in [5.41, 5.74) is 6.19. The van der Waals surface area contributed by atoms with E-state index in [4.69, 9.17) is 0 Å². The number of aryl methyl sites for hydroxylation is 4. The lowest BCUT2D eigenvalue weighted by molar-refractivity contribution is -0.123. The van der Waals surface area contributed by atoms with Crippen LogP contribution in [0.1, 0.15) is 41.7 Å². The maximum absolute atomic E-state index is 13.0. The average molecular weight is 467 g/mol. The molecule has 0 radical (unpaired) electrons. The molecule has 0 bridgehead atoms. The Morgan fingerprint density at radius 3 is 1.72 bits per heavy atom. The van der Waals surface area contributed by atoms with Crippen LogP contribution >= 0.6 is 31.9 Å². The Kier molecular flexibility index (Phi) is 6.16. The van der Waals surface area contributed by atoms with Crippen LogP contribution in [0.5, 0.6) is 0 Å². The van der Waals surface area contributed by atoms with Gasteiger partial charge in [0.2, 0.25) is 5.91 Å². The zero-order valence-electron chi connectivity index (χ0n) is 15.7. The van der Waals surface area contributed by atoms with Crippen molar-refractivity contribution >= 4 is 43.5 Å². The van der Waals surface area contributed by atoms with E-state index >= 15 is 0 Å². The van der Waals surface area contributed by atoms with E-state index in [0.717, 1.165) is 25.8 Å². The number of halogens is 2. The lowest BCUT2D eigenvalue weighted by Crippen LogP contribution is -2.33. The molecule has 0 saturated heterocycles. The van der Waals surface area contributed by atoms with Gasteiger partial charge >= 0.3 is 0 Å². The summed E-state index contributed by atoms with van der Waals surface area (Å²) >= 11 is 7.04. The summed E-state index contributed by atoms with van der Waals surface area (Å²) in [4.78, 5) is 13.0. The van der Waals surface area contributed by atoms with Gasteiger partial charge in [-0.1, -0.05) is 45.7 Å². The Labute approximate surface area is 167 Å². The highest BCUT2D eigenvalue weighted by Crippen LogP contribution is 2.31. The van der Waals surface area contributed by atoms with Crippen molar-refractivity contribution in [1.29, 1.82) is 0 Å². The van der Waals surface area contributed by atoms with Gasteiger partial charge in [-0.2, -0.15) is 0 Å². The molecule has 2 nitrogen and oxygen atoms in total. The topological polar surface area (TPSA) is 29.1 Å². The number of nitrogens with one attached hydrogen (secondary N) is 1. The fraction of sp³-hybridized carbons (Fsp3) is 0.381. The molecule has 25 heavy (non-hydrogen) atoms. The van der Waals surface area contributed by atoms with Gasteiger partial charge in [-0.05, 0) is 86.2 Å². The minimum Gasteiger partial charge on any atom is -0.325 e. The van der Waals surface area contributed by atoms with Crippen LogP contribution in [0.4, 0.5) is 5.69 Å². The second kappa shape index (κ2) is 7.63. The second-order valence-corrected chi connectivity index (χ2v) is 9.28. The Bertz CT molecular complexity index is 779. The molecule has 0 atom stereocenters. The molecule has 1 amide bonds. The number of hydrogen-bond acceptors (Lipinski definition) is 1. The van der Waals surface area contributed by atoms with Crippen molar-refractivity contribution in [3.05, 3.63) is 61.0 Å². The summed E-state index contributed by atoms with van der Waals surface area (Å²) in [6, 6.07) is 8.27. The summed E-state index contributed by atoms with van der Waals surface area (Å²) in [5.74, 6) is 0.0442. The maximum atomic E-state index is 13.0. The third-order valence-electron chi connectivity index (χ3n) is 4.63. The number of rotatable bonds is 4. The van der Waals surface area contributed by atoms with Gasteiger partial charge in [-0.3, -0.25) is 4.79 Å². The molecule has 0 fully saturated rings. The molecule has 0 aliphatic heterocycles. The van der Waals surface area contributed by atoms with Crippen LogP contribution < -0.4 is 5.32 Å². The average Bonchev–Trinajstić information content (AvgIpc) is 2.46. The molecule has 2 aromatic rings. The predicted molar refractivity (Wildman–Crippen MR) is 113 cm³/mol. The van der Waals surface area contributed by atoms with E-state index in [0.29, 0.717) is 6.42 Å². The molecule has 0 aliphatic rings. The summed E-state index contributed by atoms with van der Waals surface area (Å²) in [7, 11) is 0. The lowest BCUT2D eigenvalue weighted by atomic mass is 9.82. The normalized spacial score (nSPS) is 11.5. The smallest absolute Gasteiger partial charge is 0.230 e. The number of amides is 1. The first-order valence-corrected chi connectivity index (χ1v) is 9.93. The van der Waals surface area contributed by atoms with Crippen LogP contribution in [0, 0.1) is 33.1 Å². The van der Waals surface area contributed by atoms with E-state index in [1.54, 1.807) is 0 Å². The molecule has 0 saturated carbocycles. The number of anilines is 1. The lowest BCUT2D eigenvalue weighted by Gasteiger charge is -2.26. The molecule has 0 aromatic heterocycles. The summed E-state index contributed by atoms with van der Waals surface area (Å²) in [5, 5.41) is 3.15. The highest BCUT2D eigenvalue weighted by molar-refractivity contribution is 9.10. The third-order valence-corrected chi connectivity index (χ3v) is 5.55. The van der Waals surface area contributed by atoms with Crippen molar-refractivity contribution in [3.63, 3.8) is 0 Å². The number of benzene rings is 2. The largest absolute Gasteiger partial charge is 0.325 e. The molecule has 0 spiro atoms. The molecule has 4 heteroatoms. The zero-order chi connectivity index (χ0) is 18.9. The van der Waals surface area contributed by atoms with Crippen LogP contribution in [0.15, 0.2) is 33.2 Å². The fourth-order valence-corrected chi connectivity index (χ4v) is 4.51. The van der Waals surface area contributed by atoms with Gasteiger partial charge < -0.3 is 5.32 Å². The van der Waals surface area contributed by atoms with Gasteiger partial charge in [0, 0.05) is 20.0 Å². The van der Waals surface area contributed by atoms with Gasteiger partial charge in [-0.15, -0.1) is 0 Å². The molecule has 0 aliphatic carbocycles. The van der Waals surface area contributed by atoms with Crippen molar-refractivity contribution in [2.45, 2.75) is 48.0 Å². The molecule has 0 heterocycles. The van der Waals surface area contributed by atoms with E-state index in [9.17, 15) is 4.79 Å². The minimum atomic E-state index is -0.505. The summed E-state index contributed by atoms with van der Waals surface area (Å²) < 4.78 is 2.11. The highest BCUT2D eigenvalue weighted by atomic mass is 79.9. The highest BCUT2D eigenvalue weighted by Gasteiger charge is 2.30. The van der Waals surface area contributed by atoms with Crippen molar-refractivity contribution in [2.24, 2.45) is 5.41 Å².